The van der Waals surface area contributed by atoms with E-state index in [0.717, 1.165) is 0 Å². The van der Waals surface area contributed by atoms with Crippen molar-refractivity contribution in [2.45, 2.75) is 4.90 Å². The maximum absolute atomic E-state index is 9.24. The zero-order valence-corrected chi connectivity index (χ0v) is 7.38. The summed E-state index contributed by atoms with van der Waals surface area (Å²) in [7, 11) is -2.69. The first-order valence-corrected chi connectivity index (χ1v) is 5.23. The molecule has 0 aliphatic heterocycles. The molecule has 0 saturated heterocycles. The lowest BCUT2D eigenvalue weighted by molar-refractivity contribution is 0.495. The SMILES string of the molecule is CS(O)(O)c1cccc(C#N)c1. The van der Waals surface area contributed by atoms with Gasteiger partial charge in [0.15, 0.2) is 0 Å². The molecule has 2 N–H and O–H groups in total. The Kier molecular flexibility index (Phi) is 2.38. The fraction of sp³-hybridized carbons (Fsp3) is 0.125. The van der Waals surface area contributed by atoms with Crippen LogP contribution in [0.1, 0.15) is 5.56 Å². The largest absolute Gasteiger partial charge is 0.295 e. The van der Waals surface area contributed by atoms with Gasteiger partial charge in [0.2, 0.25) is 0 Å². The molecule has 0 aliphatic rings. The van der Waals surface area contributed by atoms with E-state index in [2.05, 4.69) is 0 Å². The molecule has 0 heterocycles. The zero-order valence-electron chi connectivity index (χ0n) is 6.56. The lowest BCUT2D eigenvalue weighted by Gasteiger charge is -2.26. The molecule has 0 fully saturated rings. The Balaban J connectivity index is 3.13. The lowest BCUT2D eigenvalue weighted by Crippen LogP contribution is -1.94. The van der Waals surface area contributed by atoms with Gasteiger partial charge >= 0.3 is 0 Å². The normalized spacial score (nSPS) is 12.2. The number of nitrogens with zero attached hydrogens (tertiary/aromatic N) is 1. The zero-order chi connectivity index (χ0) is 9.19. The molecular formula is C8H9NO2S. The van der Waals surface area contributed by atoms with E-state index in [4.69, 9.17) is 5.26 Å². The molecule has 0 aliphatic carbocycles. The van der Waals surface area contributed by atoms with E-state index in [1.165, 1.54) is 12.3 Å². The fourth-order valence-electron chi connectivity index (χ4n) is 0.806. The predicted molar refractivity (Wildman–Crippen MR) is 48.2 cm³/mol. The van der Waals surface area contributed by atoms with E-state index in [-0.39, 0.29) is 0 Å². The van der Waals surface area contributed by atoms with Gasteiger partial charge in [-0.3, -0.25) is 9.11 Å². The topological polar surface area (TPSA) is 64.2 Å². The molecule has 3 nitrogen and oxygen atoms in total. The summed E-state index contributed by atoms with van der Waals surface area (Å²) in [5.74, 6) is 0. The highest BCUT2D eigenvalue weighted by atomic mass is 32.3. The van der Waals surface area contributed by atoms with Crippen molar-refractivity contribution in [2.75, 3.05) is 6.26 Å². The van der Waals surface area contributed by atoms with Crippen molar-refractivity contribution < 1.29 is 9.11 Å². The first-order chi connectivity index (χ1) is 5.54. The Bertz CT molecular complexity index is 325. The monoisotopic (exact) mass is 183 g/mol. The molecule has 0 saturated carbocycles. The first kappa shape index (κ1) is 9.07. The van der Waals surface area contributed by atoms with Crippen LogP contribution >= 0.6 is 10.6 Å². The molecule has 0 aromatic heterocycles. The van der Waals surface area contributed by atoms with Crippen molar-refractivity contribution in [2.24, 2.45) is 0 Å². The Morgan fingerprint density at radius 3 is 2.58 bits per heavy atom. The highest BCUT2D eigenvalue weighted by molar-refractivity contribution is 8.23. The summed E-state index contributed by atoms with van der Waals surface area (Å²) in [6, 6.07) is 8.26. The molecule has 1 aromatic rings. The molecule has 1 aromatic carbocycles. The summed E-state index contributed by atoms with van der Waals surface area (Å²) < 4.78 is 18.5. The summed E-state index contributed by atoms with van der Waals surface area (Å²) >= 11 is 0. The van der Waals surface area contributed by atoms with Crippen LogP contribution in [0.4, 0.5) is 0 Å². The van der Waals surface area contributed by atoms with E-state index < -0.39 is 10.6 Å². The van der Waals surface area contributed by atoms with Crippen molar-refractivity contribution in [3.05, 3.63) is 29.8 Å². The molecule has 4 heteroatoms. The molecule has 12 heavy (non-hydrogen) atoms. The molecule has 0 atom stereocenters. The van der Waals surface area contributed by atoms with Gasteiger partial charge in [0, 0.05) is 6.26 Å². The second-order valence-corrected chi connectivity index (χ2v) is 4.61. The van der Waals surface area contributed by atoms with Crippen LogP contribution in [0.5, 0.6) is 0 Å². The second kappa shape index (κ2) is 3.15. The second-order valence-electron chi connectivity index (χ2n) is 2.47. The molecule has 64 valence electrons. The number of hydrogen-bond acceptors (Lipinski definition) is 3. The van der Waals surface area contributed by atoms with Gasteiger partial charge in [-0.2, -0.15) is 15.9 Å². The van der Waals surface area contributed by atoms with E-state index in [9.17, 15) is 9.11 Å². The minimum Gasteiger partial charge on any atom is -0.295 e. The molecule has 0 spiro atoms. The van der Waals surface area contributed by atoms with E-state index >= 15 is 0 Å². The third-order valence-electron chi connectivity index (χ3n) is 1.41. The van der Waals surface area contributed by atoms with Gasteiger partial charge in [-0.05, 0) is 18.2 Å². The van der Waals surface area contributed by atoms with Gasteiger partial charge in [-0.15, -0.1) is 0 Å². The van der Waals surface area contributed by atoms with Crippen LogP contribution in [0.25, 0.3) is 0 Å². The number of hydrogen-bond donors (Lipinski definition) is 2. The van der Waals surface area contributed by atoms with Crippen LogP contribution in [0, 0.1) is 11.3 Å². The van der Waals surface area contributed by atoms with Crippen molar-refractivity contribution in [1.29, 1.82) is 5.26 Å². The molecule has 0 amide bonds. The van der Waals surface area contributed by atoms with Crippen molar-refractivity contribution in [1.82, 2.24) is 0 Å². The third kappa shape index (κ3) is 1.98. The van der Waals surface area contributed by atoms with Crippen molar-refractivity contribution in [3.63, 3.8) is 0 Å². The van der Waals surface area contributed by atoms with Gasteiger partial charge in [0.1, 0.15) is 0 Å². The Hall–Kier alpha value is -1.02. The molecule has 0 bridgehead atoms. The molecular weight excluding hydrogens is 174 g/mol. The average molecular weight is 183 g/mol. The minimum atomic E-state index is -2.69. The van der Waals surface area contributed by atoms with E-state index in [1.54, 1.807) is 18.2 Å². The molecule has 1 rings (SSSR count). The highest BCUT2D eigenvalue weighted by Crippen LogP contribution is 2.43. The van der Waals surface area contributed by atoms with Gasteiger partial charge < -0.3 is 0 Å². The average Bonchev–Trinajstić information content (AvgIpc) is 2.03. The van der Waals surface area contributed by atoms with Crippen molar-refractivity contribution in [3.8, 4) is 6.07 Å². The summed E-state index contributed by atoms with van der Waals surface area (Å²) in [6.45, 7) is 0. The number of benzene rings is 1. The fourth-order valence-corrected chi connectivity index (χ4v) is 1.49. The van der Waals surface area contributed by atoms with Gasteiger partial charge in [0.05, 0.1) is 16.5 Å². The standard InChI is InChI=1S/C8H9NO2S/c1-12(10,11)8-4-2-3-7(5-8)6-9/h2-5,10-11H,1H3. The van der Waals surface area contributed by atoms with Crippen LogP contribution < -0.4 is 0 Å². The van der Waals surface area contributed by atoms with Crippen LogP contribution in [-0.4, -0.2) is 15.4 Å². The third-order valence-corrected chi connectivity index (χ3v) is 2.56. The maximum Gasteiger partial charge on any atom is 0.0992 e. The lowest BCUT2D eigenvalue weighted by atomic mass is 10.2. The van der Waals surface area contributed by atoms with Gasteiger partial charge in [0.25, 0.3) is 0 Å². The summed E-state index contributed by atoms with van der Waals surface area (Å²) in [6.07, 6.45) is 1.34. The van der Waals surface area contributed by atoms with E-state index in [1.807, 2.05) is 6.07 Å². The highest BCUT2D eigenvalue weighted by Gasteiger charge is 2.07. The van der Waals surface area contributed by atoms with E-state index in [0.29, 0.717) is 10.5 Å². The minimum absolute atomic E-state index is 0.404. The Labute approximate surface area is 72.6 Å². The first-order valence-electron chi connectivity index (χ1n) is 3.27. The van der Waals surface area contributed by atoms with Gasteiger partial charge in [-0.25, -0.2) is 0 Å². The predicted octanol–water partition coefficient (Wildman–Crippen LogP) is 2.30. The summed E-state index contributed by atoms with van der Waals surface area (Å²) in [5, 5.41) is 8.52. The Morgan fingerprint density at radius 1 is 1.42 bits per heavy atom. The van der Waals surface area contributed by atoms with Crippen LogP contribution in [0.15, 0.2) is 29.2 Å². The summed E-state index contributed by atoms with van der Waals surface area (Å²) in [4.78, 5) is 0.404. The van der Waals surface area contributed by atoms with Crippen LogP contribution in [0.2, 0.25) is 0 Å². The maximum atomic E-state index is 9.24. The van der Waals surface area contributed by atoms with Gasteiger partial charge in [-0.1, -0.05) is 6.07 Å². The van der Waals surface area contributed by atoms with Crippen LogP contribution in [-0.2, 0) is 0 Å². The van der Waals surface area contributed by atoms with Crippen LogP contribution in [0.3, 0.4) is 0 Å². The molecule has 0 unspecified atom stereocenters. The smallest absolute Gasteiger partial charge is 0.0992 e. The molecule has 0 radical (unpaired) electrons. The quantitative estimate of drug-likeness (QED) is 0.702. The number of nitriles is 1. The van der Waals surface area contributed by atoms with Crippen molar-refractivity contribution >= 4 is 10.6 Å². The Morgan fingerprint density at radius 2 is 2.08 bits per heavy atom. The number of rotatable bonds is 1. The summed E-state index contributed by atoms with van der Waals surface area (Å²) in [5.41, 5.74) is 0.439.